The molecule has 1 N–H and O–H groups in total. The molecule has 0 fully saturated rings. The number of rotatable bonds is 9. The third-order valence-electron chi connectivity index (χ3n) is 4.81. The normalized spacial score (nSPS) is 10.9. The zero-order valence-corrected chi connectivity index (χ0v) is 16.5. The molecule has 0 atom stereocenters. The molecule has 3 rings (SSSR count). The zero-order valence-electron chi connectivity index (χ0n) is 16.5. The number of anilines is 1. The van der Waals surface area contributed by atoms with Crippen molar-refractivity contribution in [2.24, 2.45) is 0 Å². The molecule has 6 nitrogen and oxygen atoms in total. The van der Waals surface area contributed by atoms with Crippen LogP contribution in [0.5, 0.6) is 0 Å². The predicted octanol–water partition coefficient (Wildman–Crippen LogP) is 3.33. The monoisotopic (exact) mass is 381 g/mol. The summed E-state index contributed by atoms with van der Waals surface area (Å²) >= 11 is 0. The number of fused-ring (bicyclic) bond motifs is 1. The van der Waals surface area contributed by atoms with Crippen LogP contribution >= 0.6 is 0 Å². The van der Waals surface area contributed by atoms with E-state index < -0.39 is 0 Å². The van der Waals surface area contributed by atoms with E-state index in [1.807, 2.05) is 24.3 Å². The predicted molar refractivity (Wildman–Crippen MR) is 112 cm³/mol. The molecule has 0 saturated carbocycles. The summed E-state index contributed by atoms with van der Waals surface area (Å²) in [4.78, 5) is 26.3. The zero-order chi connectivity index (χ0) is 19.9. The maximum Gasteiger partial charge on any atom is 0.419 e. The first-order chi connectivity index (χ1) is 13.6. The molecule has 0 spiro atoms. The molecule has 2 aromatic carbocycles. The molecule has 0 bridgehead atoms. The summed E-state index contributed by atoms with van der Waals surface area (Å²) in [5.74, 6) is -0.375. The Morgan fingerprint density at radius 2 is 2.00 bits per heavy atom. The Bertz CT molecular complexity index is 990. The number of para-hydroxylation sites is 2. The van der Waals surface area contributed by atoms with Gasteiger partial charge in [0.05, 0.1) is 5.52 Å². The highest BCUT2D eigenvalue weighted by molar-refractivity contribution is 5.76. The first-order valence-electron chi connectivity index (χ1n) is 9.75. The second kappa shape index (κ2) is 9.26. The van der Waals surface area contributed by atoms with Crippen molar-refractivity contribution >= 4 is 22.7 Å². The van der Waals surface area contributed by atoms with Gasteiger partial charge in [-0.3, -0.25) is 9.36 Å². The summed E-state index contributed by atoms with van der Waals surface area (Å²) in [6.45, 7) is 6.89. The lowest BCUT2D eigenvalue weighted by Crippen LogP contribution is -2.35. The van der Waals surface area contributed by atoms with Crippen LogP contribution in [0.15, 0.2) is 57.7 Å². The van der Waals surface area contributed by atoms with Crippen LogP contribution in [0.2, 0.25) is 0 Å². The Morgan fingerprint density at radius 3 is 2.79 bits per heavy atom. The van der Waals surface area contributed by atoms with Gasteiger partial charge in [-0.1, -0.05) is 24.3 Å². The van der Waals surface area contributed by atoms with Crippen molar-refractivity contribution in [1.29, 1.82) is 0 Å². The second-order valence-corrected chi connectivity index (χ2v) is 6.86. The molecule has 28 heavy (non-hydrogen) atoms. The van der Waals surface area contributed by atoms with Gasteiger partial charge in [0.15, 0.2) is 5.58 Å². The number of nitrogens with one attached hydrogen (secondary N) is 1. The highest BCUT2D eigenvalue weighted by atomic mass is 16.4. The van der Waals surface area contributed by atoms with Gasteiger partial charge in [-0.25, -0.2) is 4.79 Å². The van der Waals surface area contributed by atoms with Crippen LogP contribution in [0.25, 0.3) is 11.1 Å². The van der Waals surface area contributed by atoms with Crippen LogP contribution in [0.1, 0.15) is 25.3 Å². The van der Waals surface area contributed by atoms with Gasteiger partial charge in [0.1, 0.15) is 0 Å². The van der Waals surface area contributed by atoms with E-state index in [2.05, 4.69) is 42.3 Å². The molecular weight excluding hydrogens is 354 g/mol. The molecule has 1 aromatic heterocycles. The lowest BCUT2D eigenvalue weighted by atomic mass is 10.2. The largest absolute Gasteiger partial charge is 0.419 e. The Labute approximate surface area is 164 Å². The van der Waals surface area contributed by atoms with Crippen LogP contribution in [0.3, 0.4) is 0 Å². The van der Waals surface area contributed by atoms with Crippen LogP contribution in [0.4, 0.5) is 5.69 Å². The van der Waals surface area contributed by atoms with Gasteiger partial charge >= 0.3 is 5.76 Å². The minimum atomic E-state index is -0.377. The standard InChI is InChI=1S/C22H27N3O3/c1-3-24(18-9-6-8-17(2)16-18)15-13-23-21(26)12-7-14-25-19-10-4-5-11-20(19)28-22(25)27/h4-6,8-11,16H,3,7,12-15H2,1-2H3,(H,23,26). The van der Waals surface area contributed by atoms with Crippen molar-refractivity contribution in [3.63, 3.8) is 0 Å². The molecule has 0 radical (unpaired) electrons. The first kappa shape index (κ1) is 19.7. The molecule has 148 valence electrons. The number of amides is 1. The Hall–Kier alpha value is -3.02. The third-order valence-corrected chi connectivity index (χ3v) is 4.81. The number of nitrogens with zero attached hydrogens (tertiary/aromatic N) is 2. The lowest BCUT2D eigenvalue weighted by Gasteiger charge is -2.23. The number of aryl methyl sites for hydroxylation is 2. The van der Waals surface area contributed by atoms with E-state index in [0.717, 1.165) is 18.6 Å². The van der Waals surface area contributed by atoms with Crippen molar-refractivity contribution in [3.8, 4) is 0 Å². The SMILES string of the molecule is CCN(CCNC(=O)CCCn1c(=O)oc2ccccc21)c1cccc(C)c1. The lowest BCUT2D eigenvalue weighted by molar-refractivity contribution is -0.121. The van der Waals surface area contributed by atoms with E-state index >= 15 is 0 Å². The highest BCUT2D eigenvalue weighted by Gasteiger charge is 2.10. The number of oxazole rings is 1. The van der Waals surface area contributed by atoms with Gasteiger partial charge in [0.2, 0.25) is 5.91 Å². The van der Waals surface area contributed by atoms with Crippen molar-refractivity contribution in [1.82, 2.24) is 9.88 Å². The molecule has 3 aromatic rings. The van der Waals surface area contributed by atoms with Gasteiger partial charge in [0, 0.05) is 38.3 Å². The Kier molecular flexibility index (Phi) is 6.53. The molecule has 6 heteroatoms. The fraction of sp³-hybridized carbons (Fsp3) is 0.364. The minimum absolute atomic E-state index is 0.00106. The summed E-state index contributed by atoms with van der Waals surface area (Å²) in [5.41, 5.74) is 3.74. The van der Waals surface area contributed by atoms with E-state index in [4.69, 9.17) is 4.42 Å². The summed E-state index contributed by atoms with van der Waals surface area (Å²) < 4.78 is 6.79. The van der Waals surface area contributed by atoms with Crippen LogP contribution < -0.4 is 16.0 Å². The minimum Gasteiger partial charge on any atom is -0.408 e. The summed E-state index contributed by atoms with van der Waals surface area (Å²) in [6, 6.07) is 15.7. The fourth-order valence-electron chi connectivity index (χ4n) is 3.34. The molecule has 1 heterocycles. The van der Waals surface area contributed by atoms with Crippen molar-refractivity contribution in [2.75, 3.05) is 24.5 Å². The van der Waals surface area contributed by atoms with Crippen molar-refractivity contribution in [3.05, 3.63) is 64.6 Å². The van der Waals surface area contributed by atoms with Crippen molar-refractivity contribution in [2.45, 2.75) is 33.2 Å². The number of benzene rings is 2. The molecule has 1 amide bonds. The number of aromatic nitrogens is 1. The van der Waals surface area contributed by atoms with Gasteiger partial charge in [-0.05, 0) is 50.1 Å². The van der Waals surface area contributed by atoms with Gasteiger partial charge in [-0.2, -0.15) is 0 Å². The number of likely N-dealkylation sites (N-methyl/N-ethyl adjacent to an activating group) is 1. The molecule has 0 aliphatic heterocycles. The molecule has 0 saturated heterocycles. The fourth-order valence-corrected chi connectivity index (χ4v) is 3.34. The third kappa shape index (κ3) is 4.82. The van der Waals surface area contributed by atoms with Crippen LogP contribution in [-0.4, -0.2) is 30.1 Å². The first-order valence-corrected chi connectivity index (χ1v) is 9.75. The Morgan fingerprint density at radius 1 is 1.18 bits per heavy atom. The van der Waals surface area contributed by atoms with Gasteiger partial charge in [0.25, 0.3) is 0 Å². The maximum absolute atomic E-state index is 12.1. The van der Waals surface area contributed by atoms with Crippen LogP contribution in [0, 0.1) is 6.92 Å². The van der Waals surface area contributed by atoms with Gasteiger partial charge in [-0.15, -0.1) is 0 Å². The van der Waals surface area contributed by atoms with E-state index in [0.29, 0.717) is 31.5 Å². The van der Waals surface area contributed by atoms with Gasteiger partial charge < -0.3 is 14.6 Å². The van der Waals surface area contributed by atoms with Crippen LogP contribution in [-0.2, 0) is 11.3 Å². The van der Waals surface area contributed by atoms with E-state index in [1.165, 1.54) is 11.3 Å². The number of carbonyl (C=O) groups is 1. The topological polar surface area (TPSA) is 67.5 Å². The number of hydrogen-bond donors (Lipinski definition) is 1. The summed E-state index contributed by atoms with van der Waals surface area (Å²) in [7, 11) is 0. The maximum atomic E-state index is 12.1. The van der Waals surface area contributed by atoms with E-state index in [9.17, 15) is 9.59 Å². The number of hydrogen-bond acceptors (Lipinski definition) is 4. The quantitative estimate of drug-likeness (QED) is 0.617. The number of carbonyl (C=O) groups excluding carboxylic acids is 1. The summed E-state index contributed by atoms with van der Waals surface area (Å²) in [6.07, 6.45) is 0.965. The summed E-state index contributed by atoms with van der Waals surface area (Å²) in [5, 5.41) is 2.97. The molecule has 0 aliphatic carbocycles. The average Bonchev–Trinajstić information content (AvgIpc) is 3.00. The van der Waals surface area contributed by atoms with E-state index in [-0.39, 0.29) is 11.7 Å². The molecular formula is C22H27N3O3. The van der Waals surface area contributed by atoms with E-state index in [1.54, 1.807) is 10.6 Å². The smallest absolute Gasteiger partial charge is 0.408 e. The molecule has 0 aliphatic rings. The second-order valence-electron chi connectivity index (χ2n) is 6.86. The highest BCUT2D eigenvalue weighted by Crippen LogP contribution is 2.15. The molecule has 0 unspecified atom stereocenters. The van der Waals surface area contributed by atoms with Crippen molar-refractivity contribution < 1.29 is 9.21 Å². The average molecular weight is 381 g/mol. The Balaban J connectivity index is 1.44.